The van der Waals surface area contributed by atoms with E-state index >= 15 is 0 Å². The average molecular weight is 214 g/mol. The van der Waals surface area contributed by atoms with Crippen LogP contribution in [0.15, 0.2) is 0 Å². The molecule has 0 aliphatic carbocycles. The molecule has 1 aliphatic heterocycles. The first-order valence-electron chi connectivity index (χ1n) is 5.62. The Morgan fingerprint density at radius 2 is 2.00 bits per heavy atom. The largest absolute Gasteiger partial charge is 0.396 e. The van der Waals surface area contributed by atoms with Gasteiger partial charge < -0.3 is 9.84 Å². The normalized spacial score (nSPS) is 27.9. The standard InChI is InChI=1S/C12H22O3/c1-11(2)8-9(12(3,4)15-11)10(14)6-5-7-13/h9,13H,5-8H2,1-4H3. The molecular weight excluding hydrogens is 192 g/mol. The van der Waals surface area contributed by atoms with Crippen molar-refractivity contribution in [1.29, 1.82) is 0 Å². The van der Waals surface area contributed by atoms with Crippen molar-refractivity contribution in [2.45, 2.75) is 58.2 Å². The van der Waals surface area contributed by atoms with Crippen molar-refractivity contribution < 1.29 is 14.6 Å². The molecule has 0 aromatic heterocycles. The van der Waals surface area contributed by atoms with Gasteiger partial charge in [-0.3, -0.25) is 4.79 Å². The summed E-state index contributed by atoms with van der Waals surface area (Å²) < 4.78 is 5.87. The zero-order valence-corrected chi connectivity index (χ0v) is 10.2. The SMILES string of the molecule is CC1(C)CC(C(=O)CCCO)C(C)(C)O1. The van der Waals surface area contributed by atoms with E-state index in [1.165, 1.54) is 0 Å². The van der Waals surface area contributed by atoms with Crippen molar-refractivity contribution in [2.24, 2.45) is 5.92 Å². The Bertz CT molecular complexity index is 243. The first-order valence-corrected chi connectivity index (χ1v) is 5.62. The van der Waals surface area contributed by atoms with Gasteiger partial charge in [-0.15, -0.1) is 0 Å². The van der Waals surface area contributed by atoms with Crippen molar-refractivity contribution >= 4 is 5.78 Å². The summed E-state index contributed by atoms with van der Waals surface area (Å²) in [4.78, 5) is 11.9. The Morgan fingerprint density at radius 3 is 2.40 bits per heavy atom. The molecule has 0 aromatic rings. The molecule has 1 fully saturated rings. The number of aliphatic hydroxyl groups is 1. The van der Waals surface area contributed by atoms with Gasteiger partial charge in [0.1, 0.15) is 5.78 Å². The highest BCUT2D eigenvalue weighted by atomic mass is 16.5. The molecule has 1 atom stereocenters. The molecule has 0 saturated carbocycles. The third kappa shape index (κ3) is 3.02. The van der Waals surface area contributed by atoms with E-state index in [1.807, 2.05) is 27.7 Å². The minimum atomic E-state index is -0.365. The van der Waals surface area contributed by atoms with E-state index in [0.29, 0.717) is 12.8 Å². The van der Waals surface area contributed by atoms with Crippen LogP contribution in [-0.4, -0.2) is 28.7 Å². The summed E-state index contributed by atoms with van der Waals surface area (Å²) in [5, 5.41) is 8.71. The van der Waals surface area contributed by atoms with Gasteiger partial charge in [0.15, 0.2) is 0 Å². The molecule has 1 aliphatic rings. The van der Waals surface area contributed by atoms with Gasteiger partial charge in [-0.05, 0) is 40.5 Å². The fourth-order valence-electron chi connectivity index (χ4n) is 2.49. The summed E-state index contributed by atoms with van der Waals surface area (Å²) in [6, 6.07) is 0. The van der Waals surface area contributed by atoms with Crippen molar-refractivity contribution in [3.8, 4) is 0 Å². The quantitative estimate of drug-likeness (QED) is 0.777. The van der Waals surface area contributed by atoms with Crippen molar-refractivity contribution in [1.82, 2.24) is 0 Å². The summed E-state index contributed by atoms with van der Waals surface area (Å²) in [5.41, 5.74) is -0.570. The number of rotatable bonds is 4. The smallest absolute Gasteiger partial charge is 0.139 e. The maximum atomic E-state index is 11.9. The fourth-order valence-corrected chi connectivity index (χ4v) is 2.49. The number of carbonyl (C=O) groups is 1. The third-order valence-corrected chi connectivity index (χ3v) is 3.04. The molecular formula is C12H22O3. The molecule has 0 radical (unpaired) electrons. The third-order valence-electron chi connectivity index (χ3n) is 3.04. The molecule has 0 bridgehead atoms. The van der Waals surface area contributed by atoms with Crippen LogP contribution in [-0.2, 0) is 9.53 Å². The lowest BCUT2D eigenvalue weighted by Gasteiger charge is -2.26. The van der Waals surface area contributed by atoms with E-state index in [2.05, 4.69) is 0 Å². The van der Waals surface area contributed by atoms with Gasteiger partial charge in [0.05, 0.1) is 11.2 Å². The number of hydrogen-bond donors (Lipinski definition) is 1. The van der Waals surface area contributed by atoms with Crippen LogP contribution in [0, 0.1) is 5.92 Å². The monoisotopic (exact) mass is 214 g/mol. The summed E-state index contributed by atoms with van der Waals surface area (Å²) in [6.07, 6.45) is 1.81. The van der Waals surface area contributed by atoms with Crippen LogP contribution in [0.3, 0.4) is 0 Å². The predicted octanol–water partition coefficient (Wildman–Crippen LogP) is 1.92. The van der Waals surface area contributed by atoms with Crippen molar-refractivity contribution in [2.75, 3.05) is 6.61 Å². The highest BCUT2D eigenvalue weighted by Gasteiger charge is 2.48. The first kappa shape index (κ1) is 12.7. The zero-order valence-electron chi connectivity index (χ0n) is 10.2. The van der Waals surface area contributed by atoms with E-state index in [-0.39, 0.29) is 29.5 Å². The van der Waals surface area contributed by atoms with Crippen LogP contribution < -0.4 is 0 Å². The van der Waals surface area contributed by atoms with Gasteiger partial charge >= 0.3 is 0 Å². The molecule has 0 amide bonds. The second-order valence-corrected chi connectivity index (χ2v) is 5.52. The van der Waals surface area contributed by atoms with Crippen molar-refractivity contribution in [3.05, 3.63) is 0 Å². The van der Waals surface area contributed by atoms with Crippen LogP contribution in [0.2, 0.25) is 0 Å². The van der Waals surface area contributed by atoms with Gasteiger partial charge in [-0.25, -0.2) is 0 Å². The molecule has 1 unspecified atom stereocenters. The van der Waals surface area contributed by atoms with Crippen LogP contribution >= 0.6 is 0 Å². The maximum Gasteiger partial charge on any atom is 0.139 e. The Kier molecular flexibility index (Phi) is 3.56. The molecule has 0 spiro atoms. The minimum Gasteiger partial charge on any atom is -0.396 e. The summed E-state index contributed by atoms with van der Waals surface area (Å²) in [6.45, 7) is 8.08. The summed E-state index contributed by atoms with van der Waals surface area (Å²) in [7, 11) is 0. The molecule has 3 nitrogen and oxygen atoms in total. The number of carbonyl (C=O) groups excluding carboxylic acids is 1. The lowest BCUT2D eigenvalue weighted by molar-refractivity contribution is -0.129. The number of hydrogen-bond acceptors (Lipinski definition) is 3. The van der Waals surface area contributed by atoms with Crippen LogP contribution in [0.5, 0.6) is 0 Å². The molecule has 1 heterocycles. The molecule has 1 saturated heterocycles. The van der Waals surface area contributed by atoms with E-state index < -0.39 is 0 Å². The Morgan fingerprint density at radius 1 is 1.40 bits per heavy atom. The first-order chi connectivity index (χ1) is 6.78. The fraction of sp³-hybridized carbons (Fsp3) is 0.917. The number of Topliss-reactive ketones (excluding diaryl/α,β-unsaturated/α-hetero) is 1. The predicted molar refractivity (Wildman–Crippen MR) is 58.7 cm³/mol. The van der Waals surface area contributed by atoms with E-state index in [4.69, 9.17) is 9.84 Å². The highest BCUT2D eigenvalue weighted by Crippen LogP contribution is 2.42. The molecule has 0 aromatic carbocycles. The van der Waals surface area contributed by atoms with E-state index in [1.54, 1.807) is 0 Å². The van der Waals surface area contributed by atoms with Crippen LogP contribution in [0.4, 0.5) is 0 Å². The van der Waals surface area contributed by atoms with Gasteiger partial charge in [-0.2, -0.15) is 0 Å². The van der Waals surface area contributed by atoms with Gasteiger partial charge in [0, 0.05) is 18.9 Å². The second-order valence-electron chi connectivity index (χ2n) is 5.52. The molecule has 3 heteroatoms. The van der Waals surface area contributed by atoms with Gasteiger partial charge in [0.2, 0.25) is 0 Å². The number of aliphatic hydroxyl groups excluding tert-OH is 1. The number of ether oxygens (including phenoxy) is 1. The van der Waals surface area contributed by atoms with Gasteiger partial charge in [-0.1, -0.05) is 0 Å². The van der Waals surface area contributed by atoms with Crippen LogP contribution in [0.25, 0.3) is 0 Å². The number of ketones is 1. The van der Waals surface area contributed by atoms with E-state index in [0.717, 1.165) is 6.42 Å². The highest BCUT2D eigenvalue weighted by molar-refractivity contribution is 5.82. The molecule has 1 rings (SSSR count). The topological polar surface area (TPSA) is 46.5 Å². The minimum absolute atomic E-state index is 0.0287. The summed E-state index contributed by atoms with van der Waals surface area (Å²) in [5.74, 6) is 0.193. The molecule has 88 valence electrons. The lowest BCUT2D eigenvalue weighted by atomic mass is 9.83. The average Bonchev–Trinajstić information content (AvgIpc) is 2.30. The summed E-state index contributed by atoms with van der Waals surface area (Å²) >= 11 is 0. The van der Waals surface area contributed by atoms with Gasteiger partial charge in [0.25, 0.3) is 0 Å². The van der Waals surface area contributed by atoms with E-state index in [9.17, 15) is 4.79 Å². The van der Waals surface area contributed by atoms with Crippen molar-refractivity contribution in [3.63, 3.8) is 0 Å². The van der Waals surface area contributed by atoms with Crippen LogP contribution in [0.1, 0.15) is 47.0 Å². The Hall–Kier alpha value is -0.410. The lowest BCUT2D eigenvalue weighted by Crippen LogP contribution is -2.33. The zero-order chi connectivity index (χ0) is 11.7. The molecule has 1 N–H and O–H groups in total. The second kappa shape index (κ2) is 4.22. The molecule has 15 heavy (non-hydrogen) atoms. The Balaban J connectivity index is 2.65. The Labute approximate surface area is 91.8 Å². The maximum absolute atomic E-state index is 11.9.